The molecule has 0 aliphatic carbocycles. The zero-order valence-electron chi connectivity index (χ0n) is 12.9. The van der Waals surface area contributed by atoms with Crippen molar-refractivity contribution in [1.82, 2.24) is 18.6 Å². The molecule has 7 nitrogen and oxygen atoms in total. The SMILES string of the molecule is Cc1cc(O[C@@H]2CCCN(S(=O)(=O)N(C)C)C2)nc(C)n1. The van der Waals surface area contributed by atoms with E-state index < -0.39 is 10.2 Å². The maximum absolute atomic E-state index is 12.2. The second-order valence-electron chi connectivity index (χ2n) is 5.43. The van der Waals surface area contributed by atoms with Crippen LogP contribution in [0.2, 0.25) is 0 Å². The van der Waals surface area contributed by atoms with Gasteiger partial charge in [0.15, 0.2) is 0 Å². The van der Waals surface area contributed by atoms with Gasteiger partial charge in [-0.15, -0.1) is 0 Å². The quantitative estimate of drug-likeness (QED) is 0.819. The molecule has 2 rings (SSSR count). The fraction of sp³-hybridized carbons (Fsp3) is 0.692. The summed E-state index contributed by atoms with van der Waals surface area (Å²) in [4.78, 5) is 8.44. The van der Waals surface area contributed by atoms with Gasteiger partial charge in [-0.1, -0.05) is 0 Å². The zero-order chi connectivity index (χ0) is 15.6. The number of hydrogen-bond donors (Lipinski definition) is 0. The normalized spacial score (nSPS) is 20.7. The summed E-state index contributed by atoms with van der Waals surface area (Å²) in [7, 11) is -0.310. The predicted octanol–water partition coefficient (Wildman–Crippen LogP) is 0.743. The average molecular weight is 314 g/mol. The summed E-state index contributed by atoms with van der Waals surface area (Å²) in [5.74, 6) is 1.16. The van der Waals surface area contributed by atoms with Gasteiger partial charge in [0, 0.05) is 32.4 Å². The first-order valence-corrected chi connectivity index (χ1v) is 8.35. The standard InChI is InChI=1S/C13H22N4O3S/c1-10-8-13(15-11(2)14-10)20-12-6-5-7-17(9-12)21(18,19)16(3)4/h8,12H,5-7,9H2,1-4H3/t12-/m1/s1. The van der Waals surface area contributed by atoms with Crippen molar-refractivity contribution in [3.8, 4) is 5.88 Å². The van der Waals surface area contributed by atoms with Crippen molar-refractivity contribution in [2.45, 2.75) is 32.8 Å². The van der Waals surface area contributed by atoms with Crippen molar-refractivity contribution in [3.63, 3.8) is 0 Å². The summed E-state index contributed by atoms with van der Waals surface area (Å²) in [6.07, 6.45) is 1.42. The molecule has 21 heavy (non-hydrogen) atoms. The van der Waals surface area contributed by atoms with Gasteiger partial charge in [-0.25, -0.2) is 4.98 Å². The van der Waals surface area contributed by atoms with E-state index in [1.165, 1.54) is 22.7 Å². The van der Waals surface area contributed by atoms with E-state index in [2.05, 4.69) is 9.97 Å². The Morgan fingerprint density at radius 1 is 1.33 bits per heavy atom. The largest absolute Gasteiger partial charge is 0.473 e. The highest BCUT2D eigenvalue weighted by Crippen LogP contribution is 2.20. The Morgan fingerprint density at radius 3 is 2.67 bits per heavy atom. The molecule has 1 atom stereocenters. The lowest BCUT2D eigenvalue weighted by Gasteiger charge is -2.33. The van der Waals surface area contributed by atoms with Crippen LogP contribution in [0.5, 0.6) is 5.88 Å². The number of aromatic nitrogens is 2. The predicted molar refractivity (Wildman–Crippen MR) is 79.3 cm³/mol. The molecule has 8 heteroatoms. The molecular formula is C13H22N4O3S. The van der Waals surface area contributed by atoms with Gasteiger partial charge in [-0.05, 0) is 26.7 Å². The molecule has 2 heterocycles. The third kappa shape index (κ3) is 3.90. The van der Waals surface area contributed by atoms with Gasteiger partial charge in [0.2, 0.25) is 5.88 Å². The molecular weight excluding hydrogens is 292 g/mol. The van der Waals surface area contributed by atoms with Gasteiger partial charge >= 0.3 is 0 Å². The zero-order valence-corrected chi connectivity index (χ0v) is 13.7. The summed E-state index contributed by atoms with van der Waals surface area (Å²) in [6, 6.07) is 1.77. The fourth-order valence-electron chi connectivity index (χ4n) is 2.36. The molecule has 0 bridgehead atoms. The Labute approximate surface area is 126 Å². The number of aryl methyl sites for hydroxylation is 2. The molecule has 1 saturated heterocycles. The van der Waals surface area contributed by atoms with Crippen molar-refractivity contribution < 1.29 is 13.2 Å². The maximum Gasteiger partial charge on any atom is 0.281 e. The molecule has 1 aliphatic rings. The monoisotopic (exact) mass is 314 g/mol. The lowest BCUT2D eigenvalue weighted by atomic mass is 10.1. The summed E-state index contributed by atoms with van der Waals surface area (Å²) in [6.45, 7) is 4.57. The van der Waals surface area contributed by atoms with Gasteiger partial charge in [0.1, 0.15) is 11.9 Å². The number of nitrogens with zero attached hydrogens (tertiary/aromatic N) is 4. The molecule has 0 N–H and O–H groups in total. The van der Waals surface area contributed by atoms with Crippen LogP contribution in [0.1, 0.15) is 24.4 Å². The van der Waals surface area contributed by atoms with Crippen LogP contribution in [0.4, 0.5) is 0 Å². The van der Waals surface area contributed by atoms with E-state index >= 15 is 0 Å². The van der Waals surface area contributed by atoms with Crippen LogP contribution < -0.4 is 4.74 Å². The third-order valence-corrected chi connectivity index (χ3v) is 5.27. The van der Waals surface area contributed by atoms with Crippen LogP contribution in [-0.4, -0.2) is 60.3 Å². The van der Waals surface area contributed by atoms with Crippen molar-refractivity contribution in [2.24, 2.45) is 0 Å². The van der Waals surface area contributed by atoms with Crippen LogP contribution in [-0.2, 0) is 10.2 Å². The second-order valence-corrected chi connectivity index (χ2v) is 7.57. The first-order chi connectivity index (χ1) is 9.79. The molecule has 1 aliphatic heterocycles. The Hall–Kier alpha value is -1.25. The molecule has 0 unspecified atom stereocenters. The molecule has 0 aromatic carbocycles. The van der Waals surface area contributed by atoms with Crippen molar-refractivity contribution in [1.29, 1.82) is 0 Å². The van der Waals surface area contributed by atoms with Crippen LogP contribution in [0.15, 0.2) is 6.07 Å². The Bertz CT molecular complexity index is 583. The van der Waals surface area contributed by atoms with Crippen molar-refractivity contribution >= 4 is 10.2 Å². The maximum atomic E-state index is 12.2. The van der Waals surface area contributed by atoms with E-state index in [0.717, 1.165) is 18.5 Å². The van der Waals surface area contributed by atoms with Crippen molar-refractivity contribution in [2.75, 3.05) is 27.2 Å². The smallest absolute Gasteiger partial charge is 0.281 e. The highest BCUT2D eigenvalue weighted by molar-refractivity contribution is 7.86. The fourth-order valence-corrected chi connectivity index (χ4v) is 3.53. The topological polar surface area (TPSA) is 75.6 Å². The highest BCUT2D eigenvalue weighted by Gasteiger charge is 2.31. The van der Waals surface area contributed by atoms with E-state index in [4.69, 9.17) is 4.74 Å². The number of piperidine rings is 1. The number of ether oxygens (including phenoxy) is 1. The highest BCUT2D eigenvalue weighted by atomic mass is 32.2. The van der Waals surface area contributed by atoms with Gasteiger partial charge in [-0.2, -0.15) is 22.0 Å². The molecule has 0 spiro atoms. The average Bonchev–Trinajstić information content (AvgIpc) is 2.37. The summed E-state index contributed by atoms with van der Waals surface area (Å²) < 4.78 is 32.9. The van der Waals surface area contributed by atoms with Crippen LogP contribution in [0.3, 0.4) is 0 Å². The van der Waals surface area contributed by atoms with E-state index in [0.29, 0.717) is 24.8 Å². The Kier molecular flexibility index (Phi) is 4.80. The molecule has 1 fully saturated rings. The van der Waals surface area contributed by atoms with Crippen LogP contribution in [0.25, 0.3) is 0 Å². The van der Waals surface area contributed by atoms with Crippen LogP contribution >= 0.6 is 0 Å². The Morgan fingerprint density at radius 2 is 2.05 bits per heavy atom. The third-order valence-electron chi connectivity index (χ3n) is 3.36. The minimum atomic E-state index is -3.39. The van der Waals surface area contributed by atoms with Gasteiger partial charge in [0.05, 0.1) is 6.54 Å². The van der Waals surface area contributed by atoms with Gasteiger partial charge < -0.3 is 4.74 Å². The van der Waals surface area contributed by atoms with E-state index in [1.54, 1.807) is 6.07 Å². The van der Waals surface area contributed by atoms with Gasteiger partial charge in [-0.3, -0.25) is 0 Å². The lowest BCUT2D eigenvalue weighted by molar-refractivity contribution is 0.121. The van der Waals surface area contributed by atoms with E-state index in [1.807, 2.05) is 13.8 Å². The lowest BCUT2D eigenvalue weighted by Crippen LogP contribution is -2.48. The summed E-state index contributed by atoms with van der Waals surface area (Å²) in [5, 5.41) is 0. The molecule has 1 aromatic heterocycles. The minimum absolute atomic E-state index is 0.179. The summed E-state index contributed by atoms with van der Waals surface area (Å²) >= 11 is 0. The molecule has 0 radical (unpaired) electrons. The Balaban J connectivity index is 2.08. The van der Waals surface area contributed by atoms with Crippen molar-refractivity contribution in [3.05, 3.63) is 17.6 Å². The van der Waals surface area contributed by atoms with Crippen LogP contribution in [0, 0.1) is 13.8 Å². The first-order valence-electron chi connectivity index (χ1n) is 6.95. The number of rotatable bonds is 4. The first kappa shape index (κ1) is 16.1. The molecule has 0 amide bonds. The van der Waals surface area contributed by atoms with E-state index in [-0.39, 0.29) is 6.10 Å². The van der Waals surface area contributed by atoms with Gasteiger partial charge in [0.25, 0.3) is 10.2 Å². The second kappa shape index (κ2) is 6.25. The van der Waals surface area contributed by atoms with E-state index in [9.17, 15) is 8.42 Å². The number of hydrogen-bond acceptors (Lipinski definition) is 5. The molecule has 1 aromatic rings. The molecule has 0 saturated carbocycles. The summed E-state index contributed by atoms with van der Waals surface area (Å²) in [5.41, 5.74) is 0.839. The molecule has 118 valence electrons. The minimum Gasteiger partial charge on any atom is -0.473 e.